The monoisotopic (exact) mass is 362 g/mol. The largest absolute Gasteiger partial charge is 0.507 e. The van der Waals surface area contributed by atoms with Gasteiger partial charge in [0.15, 0.2) is 6.61 Å². The maximum atomic E-state index is 11.8. The number of ether oxygens (including phenoxy) is 1. The molecule has 0 aromatic heterocycles. The lowest BCUT2D eigenvalue weighted by atomic mass is 10.2. The Hall–Kier alpha value is -3.06. The number of amides is 2. The van der Waals surface area contributed by atoms with Crippen LogP contribution in [0.25, 0.3) is 0 Å². The van der Waals surface area contributed by atoms with Crippen molar-refractivity contribution in [1.82, 2.24) is 5.32 Å². The molecule has 7 nitrogen and oxygen atoms in total. The molecule has 0 saturated carbocycles. The van der Waals surface area contributed by atoms with Gasteiger partial charge in [-0.2, -0.15) is 0 Å². The lowest BCUT2D eigenvalue weighted by Gasteiger charge is -2.08. The molecule has 25 heavy (non-hydrogen) atoms. The number of hydrogen-bond donors (Lipinski definition) is 3. The van der Waals surface area contributed by atoms with Crippen LogP contribution in [0.2, 0.25) is 5.02 Å². The average Bonchev–Trinajstić information content (AvgIpc) is 2.59. The van der Waals surface area contributed by atoms with E-state index in [-0.39, 0.29) is 22.2 Å². The van der Waals surface area contributed by atoms with Crippen molar-refractivity contribution >= 4 is 35.1 Å². The molecular weight excluding hydrogens is 348 g/mol. The molecular formula is C17H15ClN2O5. The van der Waals surface area contributed by atoms with Gasteiger partial charge in [0.05, 0.1) is 0 Å². The Morgan fingerprint density at radius 3 is 2.40 bits per heavy atom. The summed E-state index contributed by atoms with van der Waals surface area (Å²) >= 11 is 5.68. The number of benzene rings is 2. The number of phenolic OH excluding ortho intramolecular Hbond substituents is 1. The van der Waals surface area contributed by atoms with E-state index in [1.807, 2.05) is 0 Å². The third-order valence-electron chi connectivity index (χ3n) is 3.17. The molecule has 0 bridgehead atoms. The first kappa shape index (κ1) is 18.3. The van der Waals surface area contributed by atoms with Crippen LogP contribution >= 0.6 is 11.6 Å². The second-order valence-corrected chi connectivity index (χ2v) is 5.38. The van der Waals surface area contributed by atoms with Crippen LogP contribution in [0.1, 0.15) is 20.7 Å². The topological polar surface area (TPSA) is 105 Å². The van der Waals surface area contributed by atoms with Crippen LogP contribution in [-0.4, -0.2) is 36.5 Å². The molecule has 2 aromatic rings. The van der Waals surface area contributed by atoms with Gasteiger partial charge in [-0.15, -0.1) is 0 Å². The SMILES string of the molecule is CNC(=O)c1ccc(NC(=O)COC(=O)c2ccc(Cl)cc2O)cc1. The minimum Gasteiger partial charge on any atom is -0.507 e. The van der Waals surface area contributed by atoms with Crippen molar-refractivity contribution in [3.63, 3.8) is 0 Å². The first-order valence-corrected chi connectivity index (χ1v) is 7.56. The van der Waals surface area contributed by atoms with Gasteiger partial charge in [0.25, 0.3) is 11.8 Å². The fraction of sp³-hybridized carbons (Fsp3) is 0.118. The van der Waals surface area contributed by atoms with Crippen LogP contribution in [0.5, 0.6) is 5.75 Å². The number of rotatable bonds is 5. The summed E-state index contributed by atoms with van der Waals surface area (Å²) in [6.07, 6.45) is 0. The Balaban J connectivity index is 1.90. The van der Waals surface area contributed by atoms with Crippen molar-refractivity contribution < 1.29 is 24.2 Å². The van der Waals surface area contributed by atoms with Crippen molar-refractivity contribution in [2.75, 3.05) is 19.0 Å². The molecule has 0 heterocycles. The van der Waals surface area contributed by atoms with Crippen LogP contribution in [0.4, 0.5) is 5.69 Å². The maximum absolute atomic E-state index is 11.8. The quantitative estimate of drug-likeness (QED) is 0.707. The zero-order chi connectivity index (χ0) is 18.4. The van der Waals surface area contributed by atoms with Gasteiger partial charge in [0, 0.05) is 23.3 Å². The fourth-order valence-electron chi connectivity index (χ4n) is 1.93. The van der Waals surface area contributed by atoms with Crippen LogP contribution < -0.4 is 10.6 Å². The van der Waals surface area contributed by atoms with Crippen LogP contribution in [0.15, 0.2) is 42.5 Å². The van der Waals surface area contributed by atoms with Gasteiger partial charge in [-0.1, -0.05) is 11.6 Å². The van der Waals surface area contributed by atoms with Gasteiger partial charge >= 0.3 is 5.97 Å². The lowest BCUT2D eigenvalue weighted by Crippen LogP contribution is -2.21. The zero-order valence-electron chi connectivity index (χ0n) is 13.2. The van der Waals surface area contributed by atoms with Crippen molar-refractivity contribution in [1.29, 1.82) is 0 Å². The molecule has 0 radical (unpaired) electrons. The summed E-state index contributed by atoms with van der Waals surface area (Å²) in [5, 5.41) is 14.9. The minimum atomic E-state index is -0.848. The van der Waals surface area contributed by atoms with Crippen molar-refractivity contribution in [3.8, 4) is 5.75 Å². The molecule has 0 atom stereocenters. The number of anilines is 1. The van der Waals surface area contributed by atoms with E-state index in [9.17, 15) is 19.5 Å². The van der Waals surface area contributed by atoms with Crippen molar-refractivity contribution in [2.45, 2.75) is 0 Å². The molecule has 0 fully saturated rings. The number of aromatic hydroxyl groups is 1. The zero-order valence-corrected chi connectivity index (χ0v) is 14.0. The Kier molecular flexibility index (Phi) is 5.97. The van der Waals surface area contributed by atoms with Crippen molar-refractivity contribution in [3.05, 3.63) is 58.6 Å². The Morgan fingerprint density at radius 2 is 1.80 bits per heavy atom. The summed E-state index contributed by atoms with van der Waals surface area (Å²) in [7, 11) is 1.52. The van der Waals surface area contributed by atoms with Crippen molar-refractivity contribution in [2.24, 2.45) is 0 Å². The molecule has 0 saturated heterocycles. The average molecular weight is 363 g/mol. The number of hydrogen-bond acceptors (Lipinski definition) is 5. The number of carbonyl (C=O) groups excluding carboxylic acids is 3. The third kappa shape index (κ3) is 4.95. The predicted molar refractivity (Wildman–Crippen MR) is 91.9 cm³/mol. The van der Waals surface area contributed by atoms with E-state index in [4.69, 9.17) is 16.3 Å². The number of halogens is 1. The van der Waals surface area contributed by atoms with Crippen LogP contribution in [0, 0.1) is 0 Å². The second kappa shape index (κ2) is 8.16. The summed E-state index contributed by atoms with van der Waals surface area (Å²) in [6, 6.07) is 10.1. The Labute approximate surface area is 148 Å². The van der Waals surface area contributed by atoms with Crippen LogP contribution in [-0.2, 0) is 9.53 Å². The molecule has 0 spiro atoms. The number of esters is 1. The summed E-state index contributed by atoms with van der Waals surface area (Å²) in [5.74, 6) is -1.98. The van der Waals surface area contributed by atoms with Crippen LogP contribution in [0.3, 0.4) is 0 Å². The van der Waals surface area contributed by atoms with E-state index in [2.05, 4.69) is 10.6 Å². The van der Waals surface area contributed by atoms with Gasteiger partial charge in [0.2, 0.25) is 0 Å². The number of nitrogens with one attached hydrogen (secondary N) is 2. The molecule has 130 valence electrons. The summed E-state index contributed by atoms with van der Waals surface area (Å²) < 4.78 is 4.84. The molecule has 8 heteroatoms. The van der Waals surface area contributed by atoms with E-state index in [0.717, 1.165) is 0 Å². The Bertz CT molecular complexity index is 805. The summed E-state index contributed by atoms with van der Waals surface area (Å²) in [5.41, 5.74) is 0.806. The first-order valence-electron chi connectivity index (χ1n) is 7.18. The summed E-state index contributed by atoms with van der Waals surface area (Å²) in [6.45, 7) is -0.530. The van der Waals surface area contributed by atoms with E-state index < -0.39 is 18.5 Å². The molecule has 0 aliphatic heterocycles. The lowest BCUT2D eigenvalue weighted by molar-refractivity contribution is -0.119. The smallest absolute Gasteiger partial charge is 0.342 e. The highest BCUT2D eigenvalue weighted by molar-refractivity contribution is 6.30. The van der Waals surface area contributed by atoms with Gasteiger partial charge < -0.3 is 20.5 Å². The van der Waals surface area contributed by atoms with E-state index >= 15 is 0 Å². The van der Waals surface area contributed by atoms with Gasteiger partial charge in [-0.25, -0.2) is 4.79 Å². The fourth-order valence-corrected chi connectivity index (χ4v) is 2.10. The molecule has 3 N–H and O–H groups in total. The molecule has 0 aliphatic carbocycles. The third-order valence-corrected chi connectivity index (χ3v) is 3.41. The standard InChI is InChI=1S/C17H15ClN2O5/c1-19-16(23)10-2-5-12(6-3-10)20-15(22)9-25-17(24)13-7-4-11(18)8-14(13)21/h2-8,21H,9H2,1H3,(H,19,23)(H,20,22). The molecule has 2 aromatic carbocycles. The van der Waals surface area contributed by atoms with E-state index in [0.29, 0.717) is 11.3 Å². The summed E-state index contributed by atoms with van der Waals surface area (Å²) in [4.78, 5) is 35.1. The van der Waals surface area contributed by atoms with Gasteiger partial charge in [0.1, 0.15) is 11.3 Å². The first-order chi connectivity index (χ1) is 11.9. The number of phenols is 1. The molecule has 2 amide bonds. The minimum absolute atomic E-state index is 0.0906. The predicted octanol–water partition coefficient (Wildman–Crippen LogP) is 2.20. The molecule has 2 rings (SSSR count). The van der Waals surface area contributed by atoms with E-state index in [1.165, 1.54) is 25.2 Å². The van der Waals surface area contributed by atoms with Gasteiger partial charge in [-0.3, -0.25) is 9.59 Å². The highest BCUT2D eigenvalue weighted by Crippen LogP contribution is 2.22. The molecule has 0 aliphatic rings. The number of carbonyl (C=O) groups is 3. The highest BCUT2D eigenvalue weighted by atomic mass is 35.5. The van der Waals surface area contributed by atoms with Gasteiger partial charge in [-0.05, 0) is 42.5 Å². The highest BCUT2D eigenvalue weighted by Gasteiger charge is 2.15. The van der Waals surface area contributed by atoms with E-state index in [1.54, 1.807) is 24.3 Å². The molecule has 0 unspecified atom stereocenters. The Morgan fingerprint density at radius 1 is 1.12 bits per heavy atom. The second-order valence-electron chi connectivity index (χ2n) is 4.94. The normalized spacial score (nSPS) is 10.0. The maximum Gasteiger partial charge on any atom is 0.342 e.